The van der Waals surface area contributed by atoms with Crippen molar-refractivity contribution in [1.82, 2.24) is 9.97 Å². The molecule has 30 heavy (non-hydrogen) atoms. The van der Waals surface area contributed by atoms with Crippen molar-refractivity contribution >= 4 is 38.9 Å². The number of aromatic nitrogens is 2. The van der Waals surface area contributed by atoms with Crippen LogP contribution in [0.1, 0.15) is 5.56 Å². The Kier molecular flexibility index (Phi) is 5.90. The molecule has 4 aromatic rings. The van der Waals surface area contributed by atoms with Crippen LogP contribution >= 0.6 is 15.9 Å². The molecule has 0 saturated heterocycles. The van der Waals surface area contributed by atoms with E-state index in [-0.39, 0.29) is 0 Å². The zero-order valence-electron chi connectivity index (χ0n) is 16.5. The lowest BCUT2D eigenvalue weighted by Crippen LogP contribution is -2.00. The maximum atomic E-state index is 5.42. The molecule has 0 saturated carbocycles. The number of para-hydroxylation sites is 1. The number of nitrogens with zero attached hydrogens (tertiary/aromatic N) is 3. The van der Waals surface area contributed by atoms with Crippen LogP contribution in [-0.4, -0.2) is 30.4 Å². The summed E-state index contributed by atoms with van der Waals surface area (Å²) in [6, 6.07) is 21.3. The van der Waals surface area contributed by atoms with E-state index in [2.05, 4.69) is 26.5 Å². The number of hydrogen-bond acceptors (Lipinski definition) is 6. The standard InChI is InChI=1S/C23H19BrN4O2/c1-29-18-12-9-16(21(13-18)30-2)14-25-28-23-19-5-3-4-6-20(19)26-22(27-23)15-7-10-17(24)11-8-15/h3-14H,1-2H3,(H,26,27,28)/b25-14+. The Morgan fingerprint density at radius 1 is 0.933 bits per heavy atom. The Balaban J connectivity index is 1.68. The zero-order chi connectivity index (χ0) is 20.9. The fraction of sp³-hybridized carbons (Fsp3) is 0.0870. The molecule has 0 aliphatic carbocycles. The molecule has 150 valence electrons. The molecule has 0 radical (unpaired) electrons. The number of benzene rings is 3. The number of hydrogen-bond donors (Lipinski definition) is 1. The molecular formula is C23H19BrN4O2. The monoisotopic (exact) mass is 462 g/mol. The Morgan fingerprint density at radius 2 is 1.73 bits per heavy atom. The molecular weight excluding hydrogens is 444 g/mol. The van der Waals surface area contributed by atoms with Gasteiger partial charge in [-0.2, -0.15) is 5.10 Å². The van der Waals surface area contributed by atoms with Crippen molar-refractivity contribution in [3.63, 3.8) is 0 Å². The van der Waals surface area contributed by atoms with Gasteiger partial charge in [-0.1, -0.05) is 40.2 Å². The second kappa shape index (κ2) is 8.92. The fourth-order valence-corrected chi connectivity index (χ4v) is 3.24. The zero-order valence-corrected chi connectivity index (χ0v) is 18.1. The van der Waals surface area contributed by atoms with Crippen molar-refractivity contribution in [2.24, 2.45) is 5.10 Å². The Bertz CT molecular complexity index is 1210. The van der Waals surface area contributed by atoms with Crippen molar-refractivity contribution in [2.45, 2.75) is 0 Å². The molecule has 1 N–H and O–H groups in total. The normalized spacial score (nSPS) is 11.0. The Labute approximate surface area is 182 Å². The number of hydrazone groups is 1. The SMILES string of the molecule is COc1ccc(/C=N/Nc2nc(-c3ccc(Br)cc3)nc3ccccc23)c(OC)c1. The Morgan fingerprint density at radius 3 is 2.50 bits per heavy atom. The van der Waals surface area contributed by atoms with E-state index in [1.807, 2.05) is 66.7 Å². The number of fused-ring (bicyclic) bond motifs is 1. The summed E-state index contributed by atoms with van der Waals surface area (Å²) in [5, 5.41) is 5.27. The summed E-state index contributed by atoms with van der Waals surface area (Å²) in [4.78, 5) is 9.40. The van der Waals surface area contributed by atoms with E-state index in [9.17, 15) is 0 Å². The minimum absolute atomic E-state index is 0.626. The first kappa shape index (κ1) is 19.8. The van der Waals surface area contributed by atoms with Gasteiger partial charge >= 0.3 is 0 Å². The van der Waals surface area contributed by atoms with Crippen LogP contribution < -0.4 is 14.9 Å². The summed E-state index contributed by atoms with van der Waals surface area (Å²) < 4.78 is 11.7. The summed E-state index contributed by atoms with van der Waals surface area (Å²) >= 11 is 3.46. The average Bonchev–Trinajstić information content (AvgIpc) is 2.79. The van der Waals surface area contributed by atoms with Gasteiger partial charge in [0.25, 0.3) is 0 Å². The van der Waals surface area contributed by atoms with Crippen LogP contribution in [-0.2, 0) is 0 Å². The lowest BCUT2D eigenvalue weighted by atomic mass is 10.2. The number of methoxy groups -OCH3 is 2. The van der Waals surface area contributed by atoms with Gasteiger partial charge in [0.2, 0.25) is 0 Å². The van der Waals surface area contributed by atoms with E-state index in [0.717, 1.165) is 32.3 Å². The van der Waals surface area contributed by atoms with Crippen LogP contribution in [0.5, 0.6) is 11.5 Å². The summed E-state index contributed by atoms with van der Waals surface area (Å²) in [6.07, 6.45) is 1.69. The van der Waals surface area contributed by atoms with Crippen LogP contribution in [0.3, 0.4) is 0 Å². The van der Waals surface area contributed by atoms with Gasteiger partial charge < -0.3 is 9.47 Å². The van der Waals surface area contributed by atoms with Gasteiger partial charge in [0.15, 0.2) is 11.6 Å². The van der Waals surface area contributed by atoms with Gasteiger partial charge in [-0.15, -0.1) is 0 Å². The number of nitrogens with one attached hydrogen (secondary N) is 1. The molecule has 0 atom stereocenters. The van der Waals surface area contributed by atoms with E-state index < -0.39 is 0 Å². The molecule has 0 fully saturated rings. The molecule has 1 aromatic heterocycles. The summed E-state index contributed by atoms with van der Waals surface area (Å²) in [7, 11) is 3.23. The van der Waals surface area contributed by atoms with E-state index >= 15 is 0 Å². The molecule has 0 aliphatic heterocycles. The summed E-state index contributed by atoms with van der Waals surface area (Å²) in [6.45, 7) is 0. The first-order valence-electron chi connectivity index (χ1n) is 9.22. The van der Waals surface area contributed by atoms with Crippen LogP contribution in [0.4, 0.5) is 5.82 Å². The van der Waals surface area contributed by atoms with Gasteiger partial charge in [-0.05, 0) is 36.4 Å². The number of rotatable bonds is 6. The van der Waals surface area contributed by atoms with Gasteiger partial charge in [0.1, 0.15) is 11.5 Å². The maximum Gasteiger partial charge on any atom is 0.162 e. The molecule has 6 nitrogen and oxygen atoms in total. The smallest absolute Gasteiger partial charge is 0.162 e. The highest BCUT2D eigenvalue weighted by molar-refractivity contribution is 9.10. The first-order chi connectivity index (χ1) is 14.7. The third-order valence-electron chi connectivity index (χ3n) is 4.52. The van der Waals surface area contributed by atoms with E-state index in [0.29, 0.717) is 17.4 Å². The van der Waals surface area contributed by atoms with Gasteiger partial charge in [-0.25, -0.2) is 9.97 Å². The van der Waals surface area contributed by atoms with Crippen LogP contribution in [0.2, 0.25) is 0 Å². The highest BCUT2D eigenvalue weighted by Crippen LogP contribution is 2.26. The third-order valence-corrected chi connectivity index (χ3v) is 5.05. The maximum absolute atomic E-state index is 5.42. The van der Waals surface area contributed by atoms with E-state index in [1.54, 1.807) is 20.4 Å². The minimum Gasteiger partial charge on any atom is -0.497 e. The molecule has 7 heteroatoms. The lowest BCUT2D eigenvalue weighted by Gasteiger charge is -2.09. The fourth-order valence-electron chi connectivity index (χ4n) is 2.98. The number of ether oxygens (including phenoxy) is 2. The molecule has 0 amide bonds. The van der Waals surface area contributed by atoms with Crippen LogP contribution in [0.15, 0.2) is 76.3 Å². The second-order valence-electron chi connectivity index (χ2n) is 6.40. The van der Waals surface area contributed by atoms with Gasteiger partial charge in [0, 0.05) is 27.1 Å². The Hall–Kier alpha value is -3.45. The molecule has 1 heterocycles. The molecule has 0 spiro atoms. The summed E-state index contributed by atoms with van der Waals surface area (Å²) in [5.74, 6) is 2.64. The molecule has 4 rings (SSSR count). The molecule has 3 aromatic carbocycles. The van der Waals surface area contributed by atoms with Crippen LogP contribution in [0.25, 0.3) is 22.3 Å². The van der Waals surface area contributed by atoms with Crippen molar-refractivity contribution in [3.05, 3.63) is 76.8 Å². The quantitative estimate of drug-likeness (QED) is 0.301. The predicted molar refractivity (Wildman–Crippen MR) is 123 cm³/mol. The highest BCUT2D eigenvalue weighted by atomic mass is 79.9. The largest absolute Gasteiger partial charge is 0.497 e. The molecule has 0 aliphatic rings. The highest BCUT2D eigenvalue weighted by Gasteiger charge is 2.09. The topological polar surface area (TPSA) is 68.6 Å². The summed E-state index contributed by atoms with van der Waals surface area (Å²) in [5.41, 5.74) is 5.64. The van der Waals surface area contributed by atoms with Crippen LogP contribution in [0, 0.1) is 0 Å². The van der Waals surface area contributed by atoms with Crippen molar-refractivity contribution in [3.8, 4) is 22.9 Å². The third kappa shape index (κ3) is 4.26. The van der Waals surface area contributed by atoms with E-state index in [4.69, 9.17) is 19.4 Å². The van der Waals surface area contributed by atoms with Crippen molar-refractivity contribution in [1.29, 1.82) is 0 Å². The first-order valence-corrected chi connectivity index (χ1v) is 10.0. The van der Waals surface area contributed by atoms with Gasteiger partial charge in [0.05, 0.1) is 26.0 Å². The van der Waals surface area contributed by atoms with Gasteiger partial charge in [-0.3, -0.25) is 5.43 Å². The molecule has 0 unspecified atom stereocenters. The minimum atomic E-state index is 0.626. The predicted octanol–water partition coefficient (Wildman–Crippen LogP) is 5.52. The average molecular weight is 463 g/mol. The van der Waals surface area contributed by atoms with E-state index in [1.165, 1.54) is 0 Å². The van der Waals surface area contributed by atoms with Crippen molar-refractivity contribution in [2.75, 3.05) is 19.6 Å². The second-order valence-corrected chi connectivity index (χ2v) is 7.31. The number of halogens is 1. The molecule has 0 bridgehead atoms. The lowest BCUT2D eigenvalue weighted by molar-refractivity contribution is 0.394. The van der Waals surface area contributed by atoms with Crippen molar-refractivity contribution < 1.29 is 9.47 Å². The number of anilines is 1.